The standard InChI is InChI=1S/C16H21BrFNO/c1-2-4-12-5-3-9-19(10-8-12)16(20)14-11-13(17)6-7-15(14)18/h6-7,11-12H,2-5,8-10H2,1H3. The Bertz CT molecular complexity index is 478. The highest BCUT2D eigenvalue weighted by atomic mass is 79.9. The Morgan fingerprint density at radius 1 is 1.40 bits per heavy atom. The van der Waals surface area contributed by atoms with Gasteiger partial charge in [-0.2, -0.15) is 0 Å². The van der Waals surface area contributed by atoms with Gasteiger partial charge in [0.15, 0.2) is 0 Å². The van der Waals surface area contributed by atoms with E-state index in [4.69, 9.17) is 0 Å². The largest absolute Gasteiger partial charge is 0.339 e. The van der Waals surface area contributed by atoms with E-state index in [0.717, 1.165) is 30.4 Å². The van der Waals surface area contributed by atoms with Gasteiger partial charge >= 0.3 is 0 Å². The van der Waals surface area contributed by atoms with Crippen molar-refractivity contribution in [2.24, 2.45) is 5.92 Å². The first-order valence-corrected chi connectivity index (χ1v) is 8.15. The minimum atomic E-state index is -0.437. The lowest BCUT2D eigenvalue weighted by molar-refractivity contribution is 0.0755. The molecular weight excluding hydrogens is 321 g/mol. The number of carbonyl (C=O) groups excluding carboxylic acids is 1. The van der Waals surface area contributed by atoms with Gasteiger partial charge < -0.3 is 4.90 Å². The fourth-order valence-electron chi connectivity index (χ4n) is 2.90. The van der Waals surface area contributed by atoms with Crippen LogP contribution in [0.4, 0.5) is 4.39 Å². The number of likely N-dealkylation sites (tertiary alicyclic amines) is 1. The average molecular weight is 342 g/mol. The van der Waals surface area contributed by atoms with Crippen molar-refractivity contribution < 1.29 is 9.18 Å². The van der Waals surface area contributed by atoms with E-state index in [1.54, 1.807) is 17.0 Å². The Balaban J connectivity index is 2.07. The van der Waals surface area contributed by atoms with Crippen LogP contribution in [0.2, 0.25) is 0 Å². The highest BCUT2D eigenvalue weighted by molar-refractivity contribution is 9.10. The van der Waals surface area contributed by atoms with Crippen LogP contribution in [0.15, 0.2) is 22.7 Å². The molecule has 1 aliphatic rings. The molecule has 1 aromatic carbocycles. The van der Waals surface area contributed by atoms with Gasteiger partial charge in [-0.05, 0) is 43.4 Å². The average Bonchev–Trinajstić information content (AvgIpc) is 2.67. The molecule has 0 aromatic heterocycles. The predicted octanol–water partition coefficient (Wildman–Crippen LogP) is 4.63. The van der Waals surface area contributed by atoms with Crippen LogP contribution in [-0.2, 0) is 0 Å². The van der Waals surface area contributed by atoms with E-state index < -0.39 is 5.82 Å². The second-order valence-electron chi connectivity index (χ2n) is 5.50. The Hall–Kier alpha value is -0.900. The summed E-state index contributed by atoms with van der Waals surface area (Å²) < 4.78 is 14.5. The Labute approximate surface area is 128 Å². The molecule has 4 heteroatoms. The first kappa shape index (κ1) is 15.5. The van der Waals surface area contributed by atoms with Gasteiger partial charge in [0.25, 0.3) is 5.91 Å². The summed E-state index contributed by atoms with van der Waals surface area (Å²) in [6, 6.07) is 4.53. The molecule has 0 saturated carbocycles. The smallest absolute Gasteiger partial charge is 0.256 e. The summed E-state index contributed by atoms with van der Waals surface area (Å²) in [4.78, 5) is 14.3. The van der Waals surface area contributed by atoms with Crippen LogP contribution in [0.3, 0.4) is 0 Å². The molecular formula is C16H21BrFNO. The van der Waals surface area contributed by atoms with Crippen molar-refractivity contribution in [3.05, 3.63) is 34.1 Å². The fourth-order valence-corrected chi connectivity index (χ4v) is 3.26. The molecule has 1 aliphatic heterocycles. The van der Waals surface area contributed by atoms with Crippen molar-refractivity contribution in [2.75, 3.05) is 13.1 Å². The molecule has 0 N–H and O–H groups in total. The van der Waals surface area contributed by atoms with Gasteiger partial charge in [-0.1, -0.05) is 35.7 Å². The van der Waals surface area contributed by atoms with Gasteiger partial charge in [0.1, 0.15) is 5.82 Å². The first-order chi connectivity index (χ1) is 9.61. The normalized spacial score (nSPS) is 19.8. The molecule has 20 heavy (non-hydrogen) atoms. The van der Waals surface area contributed by atoms with Crippen molar-refractivity contribution in [2.45, 2.75) is 39.0 Å². The number of hydrogen-bond donors (Lipinski definition) is 0. The predicted molar refractivity (Wildman–Crippen MR) is 82.3 cm³/mol. The lowest BCUT2D eigenvalue weighted by Gasteiger charge is -2.21. The van der Waals surface area contributed by atoms with Crippen molar-refractivity contribution in [3.63, 3.8) is 0 Å². The van der Waals surface area contributed by atoms with E-state index in [1.165, 1.54) is 25.3 Å². The number of rotatable bonds is 3. The van der Waals surface area contributed by atoms with Crippen LogP contribution < -0.4 is 0 Å². The van der Waals surface area contributed by atoms with Gasteiger partial charge in [0.2, 0.25) is 0 Å². The maximum Gasteiger partial charge on any atom is 0.256 e. The molecule has 1 aromatic rings. The Morgan fingerprint density at radius 3 is 2.95 bits per heavy atom. The van der Waals surface area contributed by atoms with Crippen LogP contribution >= 0.6 is 15.9 Å². The van der Waals surface area contributed by atoms with Crippen LogP contribution in [0, 0.1) is 11.7 Å². The zero-order chi connectivity index (χ0) is 14.5. The van der Waals surface area contributed by atoms with E-state index in [1.807, 2.05) is 0 Å². The highest BCUT2D eigenvalue weighted by Crippen LogP contribution is 2.24. The van der Waals surface area contributed by atoms with Gasteiger partial charge in [-0.25, -0.2) is 4.39 Å². The lowest BCUT2D eigenvalue weighted by atomic mass is 9.96. The molecule has 0 aliphatic carbocycles. The molecule has 1 atom stereocenters. The minimum absolute atomic E-state index is 0.174. The molecule has 0 spiro atoms. The molecule has 2 nitrogen and oxygen atoms in total. The van der Waals surface area contributed by atoms with Crippen LogP contribution in [-0.4, -0.2) is 23.9 Å². The topological polar surface area (TPSA) is 20.3 Å². The van der Waals surface area contributed by atoms with E-state index in [9.17, 15) is 9.18 Å². The summed E-state index contributed by atoms with van der Waals surface area (Å²) in [5.41, 5.74) is 0.174. The van der Waals surface area contributed by atoms with Gasteiger partial charge in [-0.15, -0.1) is 0 Å². The molecule has 1 amide bonds. The first-order valence-electron chi connectivity index (χ1n) is 7.36. The molecule has 110 valence electrons. The molecule has 1 fully saturated rings. The van der Waals surface area contributed by atoms with E-state index in [-0.39, 0.29) is 11.5 Å². The zero-order valence-corrected chi connectivity index (χ0v) is 13.5. The molecule has 0 bridgehead atoms. The third kappa shape index (κ3) is 3.81. The third-order valence-corrected chi connectivity index (χ3v) is 4.48. The van der Waals surface area contributed by atoms with Gasteiger partial charge in [-0.3, -0.25) is 4.79 Å². The summed E-state index contributed by atoms with van der Waals surface area (Å²) >= 11 is 3.30. The maximum atomic E-state index is 13.8. The summed E-state index contributed by atoms with van der Waals surface area (Å²) in [5, 5.41) is 0. The number of carbonyl (C=O) groups is 1. The van der Waals surface area contributed by atoms with Gasteiger partial charge in [0.05, 0.1) is 5.56 Å². The summed E-state index contributed by atoms with van der Waals surface area (Å²) in [5.74, 6) is 0.0960. The van der Waals surface area contributed by atoms with Crippen LogP contribution in [0.1, 0.15) is 49.4 Å². The molecule has 1 unspecified atom stereocenters. The van der Waals surface area contributed by atoms with Crippen LogP contribution in [0.25, 0.3) is 0 Å². The number of hydrogen-bond acceptors (Lipinski definition) is 1. The summed E-state index contributed by atoms with van der Waals surface area (Å²) in [6.07, 6.45) is 5.66. The number of amides is 1. The Morgan fingerprint density at radius 2 is 2.20 bits per heavy atom. The van der Waals surface area contributed by atoms with E-state index in [0.29, 0.717) is 5.92 Å². The minimum Gasteiger partial charge on any atom is -0.339 e. The van der Waals surface area contributed by atoms with Gasteiger partial charge in [0, 0.05) is 17.6 Å². The Kier molecular flexibility index (Phi) is 5.58. The second-order valence-corrected chi connectivity index (χ2v) is 6.42. The zero-order valence-electron chi connectivity index (χ0n) is 11.9. The monoisotopic (exact) mass is 341 g/mol. The number of halogens is 2. The fraction of sp³-hybridized carbons (Fsp3) is 0.562. The van der Waals surface area contributed by atoms with Crippen molar-refractivity contribution in [3.8, 4) is 0 Å². The van der Waals surface area contributed by atoms with Crippen LogP contribution in [0.5, 0.6) is 0 Å². The summed E-state index contributed by atoms with van der Waals surface area (Å²) in [7, 11) is 0. The summed E-state index contributed by atoms with van der Waals surface area (Å²) in [6.45, 7) is 3.69. The molecule has 1 saturated heterocycles. The number of nitrogens with zero attached hydrogens (tertiary/aromatic N) is 1. The van der Waals surface area contributed by atoms with Crippen molar-refractivity contribution in [1.82, 2.24) is 4.90 Å². The van der Waals surface area contributed by atoms with E-state index in [2.05, 4.69) is 22.9 Å². The molecule has 0 radical (unpaired) electrons. The molecule has 1 heterocycles. The highest BCUT2D eigenvalue weighted by Gasteiger charge is 2.23. The third-order valence-electron chi connectivity index (χ3n) is 3.99. The molecule has 2 rings (SSSR count). The maximum absolute atomic E-state index is 13.8. The SMILES string of the molecule is CCCC1CCCN(C(=O)c2cc(Br)ccc2F)CC1. The lowest BCUT2D eigenvalue weighted by Crippen LogP contribution is -2.32. The second kappa shape index (κ2) is 7.21. The van der Waals surface area contributed by atoms with Crippen molar-refractivity contribution >= 4 is 21.8 Å². The van der Waals surface area contributed by atoms with E-state index >= 15 is 0 Å². The number of benzene rings is 1. The van der Waals surface area contributed by atoms with Crippen molar-refractivity contribution in [1.29, 1.82) is 0 Å². The quantitative estimate of drug-likeness (QED) is 0.784.